The fourth-order valence-electron chi connectivity index (χ4n) is 5.41. The Morgan fingerprint density at radius 3 is 2.63 bits per heavy atom. The summed E-state index contributed by atoms with van der Waals surface area (Å²) in [6.07, 6.45) is 7.50. The van der Waals surface area contributed by atoms with Crippen LogP contribution in [0, 0.1) is 6.92 Å². The molecule has 1 N–H and O–H groups in total. The zero-order valence-corrected chi connectivity index (χ0v) is 18.1. The van der Waals surface area contributed by atoms with Crippen molar-refractivity contribution in [3.63, 3.8) is 0 Å². The largest absolute Gasteiger partial charge is 0.329 e. The molecule has 1 aromatic carbocycles. The first-order valence-corrected chi connectivity index (χ1v) is 11.1. The zero-order chi connectivity index (χ0) is 21.3. The number of carbonyl (C=O) groups excluding carboxylic acids is 2. The molecule has 2 heterocycles. The van der Waals surface area contributed by atoms with E-state index in [0.29, 0.717) is 11.4 Å². The van der Waals surface area contributed by atoms with Crippen molar-refractivity contribution in [3.8, 4) is 0 Å². The Bertz CT molecular complexity index is 949. The Morgan fingerprint density at radius 2 is 1.93 bits per heavy atom. The topological polar surface area (TPSA) is 62.3 Å². The Hall–Kier alpha value is -2.69. The maximum Gasteiger partial charge on any atom is 0.254 e. The van der Waals surface area contributed by atoms with Crippen molar-refractivity contribution in [1.82, 2.24) is 9.88 Å². The van der Waals surface area contributed by atoms with Crippen LogP contribution in [0.4, 0.5) is 5.82 Å². The lowest BCUT2D eigenvalue weighted by atomic mass is 9.64. The van der Waals surface area contributed by atoms with Crippen LogP contribution in [0.2, 0.25) is 0 Å². The number of pyridine rings is 1. The second kappa shape index (κ2) is 8.21. The van der Waals surface area contributed by atoms with Crippen LogP contribution in [-0.4, -0.2) is 33.3 Å². The van der Waals surface area contributed by atoms with Crippen molar-refractivity contribution in [2.75, 3.05) is 5.32 Å². The van der Waals surface area contributed by atoms with Crippen molar-refractivity contribution in [2.45, 2.75) is 76.8 Å². The van der Waals surface area contributed by atoms with Crippen molar-refractivity contribution in [3.05, 3.63) is 59.3 Å². The van der Waals surface area contributed by atoms with Gasteiger partial charge in [0.2, 0.25) is 5.91 Å². The van der Waals surface area contributed by atoms with Gasteiger partial charge in [0.15, 0.2) is 0 Å². The number of fused-ring (bicyclic) bond motifs is 1. The fraction of sp³-hybridized carbons (Fsp3) is 0.480. The number of hydrogen-bond acceptors (Lipinski definition) is 3. The molecule has 1 aliphatic heterocycles. The van der Waals surface area contributed by atoms with Gasteiger partial charge in [0.25, 0.3) is 5.91 Å². The van der Waals surface area contributed by atoms with Gasteiger partial charge in [-0.3, -0.25) is 9.59 Å². The lowest BCUT2D eigenvalue weighted by Crippen LogP contribution is -2.64. The van der Waals surface area contributed by atoms with Gasteiger partial charge in [-0.05, 0) is 56.4 Å². The molecule has 0 saturated heterocycles. The number of rotatable bonds is 4. The van der Waals surface area contributed by atoms with E-state index in [1.165, 1.54) is 0 Å². The van der Waals surface area contributed by atoms with Crippen LogP contribution in [0.5, 0.6) is 0 Å². The molecule has 1 fully saturated rings. The molecule has 4 rings (SSSR count). The molecule has 1 spiro atoms. The first-order valence-electron chi connectivity index (χ1n) is 11.1. The van der Waals surface area contributed by atoms with E-state index in [1.54, 1.807) is 6.20 Å². The maximum absolute atomic E-state index is 13.8. The van der Waals surface area contributed by atoms with Crippen LogP contribution < -0.4 is 5.32 Å². The van der Waals surface area contributed by atoms with Crippen LogP contribution in [0.3, 0.4) is 0 Å². The SMILES string of the molecule is CC[C@H](C)N1C(=O)c2ccccc2[C@@H](C(=O)Nc2ncccc2C)C12CCCCC2. The highest BCUT2D eigenvalue weighted by Gasteiger charge is 2.55. The maximum atomic E-state index is 13.8. The molecule has 2 atom stereocenters. The van der Waals surface area contributed by atoms with E-state index < -0.39 is 11.5 Å². The molecule has 5 nitrogen and oxygen atoms in total. The highest BCUT2D eigenvalue weighted by atomic mass is 16.2. The second-order valence-electron chi connectivity index (χ2n) is 8.78. The predicted octanol–water partition coefficient (Wildman–Crippen LogP) is 5.07. The summed E-state index contributed by atoms with van der Waals surface area (Å²) in [5, 5.41) is 3.10. The zero-order valence-electron chi connectivity index (χ0n) is 18.1. The molecule has 5 heteroatoms. The fourth-order valence-corrected chi connectivity index (χ4v) is 5.41. The molecule has 0 radical (unpaired) electrons. The Kier molecular flexibility index (Phi) is 5.63. The smallest absolute Gasteiger partial charge is 0.254 e. The number of anilines is 1. The summed E-state index contributed by atoms with van der Waals surface area (Å²) in [5.74, 6) is 0.201. The minimum atomic E-state index is -0.480. The summed E-state index contributed by atoms with van der Waals surface area (Å²) in [6.45, 7) is 6.17. The van der Waals surface area contributed by atoms with Gasteiger partial charge in [-0.15, -0.1) is 0 Å². The van der Waals surface area contributed by atoms with Gasteiger partial charge in [-0.1, -0.05) is 50.5 Å². The second-order valence-corrected chi connectivity index (χ2v) is 8.78. The average Bonchev–Trinajstić information content (AvgIpc) is 2.76. The predicted molar refractivity (Wildman–Crippen MR) is 119 cm³/mol. The molecule has 158 valence electrons. The van der Waals surface area contributed by atoms with Crippen molar-refractivity contribution in [2.24, 2.45) is 0 Å². The standard InChI is InChI=1S/C25H31N3O2/c1-4-18(3)28-24(30)20-13-7-6-12-19(20)21(25(28)14-8-5-9-15-25)23(29)27-22-17(2)11-10-16-26-22/h6-7,10-13,16,18,21H,4-5,8-9,14-15H2,1-3H3,(H,26,27,29)/t18-,21-/m0/s1. The van der Waals surface area contributed by atoms with Crippen molar-refractivity contribution < 1.29 is 9.59 Å². The molecular formula is C25H31N3O2. The summed E-state index contributed by atoms with van der Waals surface area (Å²) < 4.78 is 0. The molecule has 0 unspecified atom stereocenters. The Labute approximate surface area is 178 Å². The summed E-state index contributed by atoms with van der Waals surface area (Å²) in [6, 6.07) is 11.6. The highest BCUT2D eigenvalue weighted by Crippen LogP contribution is 2.50. The molecule has 2 amide bonds. The third-order valence-electron chi connectivity index (χ3n) is 7.00. The number of amides is 2. The number of nitrogens with zero attached hydrogens (tertiary/aromatic N) is 2. The van der Waals surface area contributed by atoms with Crippen LogP contribution in [0.15, 0.2) is 42.6 Å². The third-order valence-corrected chi connectivity index (χ3v) is 7.00. The van der Waals surface area contributed by atoms with Gasteiger partial charge in [0.05, 0.1) is 11.5 Å². The van der Waals surface area contributed by atoms with E-state index in [-0.39, 0.29) is 17.9 Å². The van der Waals surface area contributed by atoms with E-state index in [0.717, 1.165) is 49.7 Å². The van der Waals surface area contributed by atoms with E-state index in [1.807, 2.05) is 43.3 Å². The van der Waals surface area contributed by atoms with E-state index >= 15 is 0 Å². The minimum absolute atomic E-state index is 0.0630. The quantitative estimate of drug-likeness (QED) is 0.772. The van der Waals surface area contributed by atoms with Crippen LogP contribution in [0.1, 0.15) is 79.8 Å². The average molecular weight is 406 g/mol. The molecule has 0 bridgehead atoms. The molecule has 2 aliphatic rings. The van der Waals surface area contributed by atoms with Gasteiger partial charge in [0, 0.05) is 17.8 Å². The highest BCUT2D eigenvalue weighted by molar-refractivity contribution is 6.05. The Morgan fingerprint density at radius 1 is 1.20 bits per heavy atom. The van der Waals surface area contributed by atoms with Gasteiger partial charge in [-0.2, -0.15) is 0 Å². The molecular weight excluding hydrogens is 374 g/mol. The summed E-state index contributed by atoms with van der Waals surface area (Å²) >= 11 is 0. The number of hydrogen-bond donors (Lipinski definition) is 1. The minimum Gasteiger partial charge on any atom is -0.329 e. The normalized spacial score (nSPS) is 21.2. The van der Waals surface area contributed by atoms with E-state index in [9.17, 15) is 9.59 Å². The molecule has 1 aromatic heterocycles. The lowest BCUT2D eigenvalue weighted by Gasteiger charge is -2.55. The number of aromatic nitrogens is 1. The number of nitrogens with one attached hydrogen (secondary N) is 1. The third kappa shape index (κ3) is 3.30. The summed E-state index contributed by atoms with van der Waals surface area (Å²) in [4.78, 5) is 33.9. The number of aryl methyl sites for hydroxylation is 1. The monoisotopic (exact) mass is 405 g/mol. The Balaban J connectivity index is 1.85. The summed E-state index contributed by atoms with van der Waals surface area (Å²) in [5.41, 5.74) is 1.97. The first kappa shape index (κ1) is 20.6. The molecule has 1 saturated carbocycles. The van der Waals surface area contributed by atoms with E-state index in [4.69, 9.17) is 0 Å². The van der Waals surface area contributed by atoms with Crippen LogP contribution in [-0.2, 0) is 4.79 Å². The van der Waals surface area contributed by atoms with Crippen molar-refractivity contribution in [1.29, 1.82) is 0 Å². The number of benzene rings is 1. The first-order chi connectivity index (χ1) is 14.5. The van der Waals surface area contributed by atoms with Gasteiger partial charge in [0.1, 0.15) is 5.82 Å². The molecule has 1 aliphatic carbocycles. The van der Waals surface area contributed by atoms with Gasteiger partial charge >= 0.3 is 0 Å². The number of carbonyl (C=O) groups is 2. The molecule has 2 aromatic rings. The van der Waals surface area contributed by atoms with Crippen molar-refractivity contribution >= 4 is 17.6 Å². The summed E-state index contributed by atoms with van der Waals surface area (Å²) in [7, 11) is 0. The van der Waals surface area contributed by atoms with Crippen LogP contribution >= 0.6 is 0 Å². The van der Waals surface area contributed by atoms with Gasteiger partial charge in [-0.25, -0.2) is 4.98 Å². The van der Waals surface area contributed by atoms with Gasteiger partial charge < -0.3 is 10.2 Å². The van der Waals surface area contributed by atoms with E-state index in [2.05, 4.69) is 29.0 Å². The molecule has 30 heavy (non-hydrogen) atoms. The van der Waals surface area contributed by atoms with Crippen LogP contribution in [0.25, 0.3) is 0 Å². The lowest BCUT2D eigenvalue weighted by molar-refractivity contribution is -0.122.